The lowest BCUT2D eigenvalue weighted by atomic mass is 10.1. The highest BCUT2D eigenvalue weighted by atomic mass is 79.9. The molecule has 0 aliphatic rings. The van der Waals surface area contributed by atoms with E-state index in [-0.39, 0.29) is 29.1 Å². The molecule has 2 unspecified atom stereocenters. The molecule has 0 spiro atoms. The number of nitrogens with zero attached hydrogens (tertiary/aromatic N) is 1. The maximum absolute atomic E-state index is 12.1. The molecule has 20 heavy (non-hydrogen) atoms. The van der Waals surface area contributed by atoms with Gasteiger partial charge in [-0.3, -0.25) is 14.9 Å². The first kappa shape index (κ1) is 16.9. The van der Waals surface area contributed by atoms with Crippen LogP contribution in [0.2, 0.25) is 0 Å². The summed E-state index contributed by atoms with van der Waals surface area (Å²) in [5.41, 5.74) is 0.0523. The standard InChI is InChI=1S/C12H15BrN2O4S/c1-7(11(6-16)20-2)14-12(17)8-3-9(13)5-10(4-8)15(18)19/h3-5,7,11,16H,6H2,1-2H3,(H,14,17). The number of aliphatic hydroxyl groups excluding tert-OH is 1. The number of benzene rings is 1. The van der Waals surface area contributed by atoms with Crippen molar-refractivity contribution in [1.82, 2.24) is 5.32 Å². The maximum Gasteiger partial charge on any atom is 0.271 e. The van der Waals surface area contributed by atoms with Crippen molar-refractivity contribution in [1.29, 1.82) is 0 Å². The Morgan fingerprint density at radius 3 is 2.70 bits per heavy atom. The maximum atomic E-state index is 12.1. The summed E-state index contributed by atoms with van der Waals surface area (Å²) in [5, 5.41) is 22.5. The number of carbonyl (C=O) groups is 1. The van der Waals surface area contributed by atoms with Crippen LogP contribution in [-0.2, 0) is 0 Å². The average Bonchev–Trinajstić information content (AvgIpc) is 2.39. The van der Waals surface area contributed by atoms with Gasteiger partial charge in [0.05, 0.1) is 11.5 Å². The van der Waals surface area contributed by atoms with Gasteiger partial charge in [0.15, 0.2) is 0 Å². The molecule has 6 nitrogen and oxygen atoms in total. The number of carbonyl (C=O) groups excluding carboxylic acids is 1. The Kier molecular flexibility index (Phi) is 6.44. The van der Waals surface area contributed by atoms with Gasteiger partial charge in [-0.2, -0.15) is 11.8 Å². The van der Waals surface area contributed by atoms with Crippen molar-refractivity contribution in [2.24, 2.45) is 0 Å². The summed E-state index contributed by atoms with van der Waals surface area (Å²) in [4.78, 5) is 22.3. The van der Waals surface area contributed by atoms with E-state index in [2.05, 4.69) is 21.2 Å². The van der Waals surface area contributed by atoms with E-state index >= 15 is 0 Å². The van der Waals surface area contributed by atoms with Gasteiger partial charge in [-0.25, -0.2) is 0 Å². The van der Waals surface area contributed by atoms with Gasteiger partial charge in [-0.15, -0.1) is 0 Å². The van der Waals surface area contributed by atoms with Crippen molar-refractivity contribution in [3.8, 4) is 0 Å². The first-order valence-corrected chi connectivity index (χ1v) is 7.86. The smallest absolute Gasteiger partial charge is 0.271 e. The number of rotatable bonds is 6. The van der Waals surface area contributed by atoms with Crippen molar-refractivity contribution < 1.29 is 14.8 Å². The lowest BCUT2D eigenvalue weighted by molar-refractivity contribution is -0.385. The van der Waals surface area contributed by atoms with Crippen LogP contribution in [0.1, 0.15) is 17.3 Å². The van der Waals surface area contributed by atoms with Gasteiger partial charge >= 0.3 is 0 Å². The van der Waals surface area contributed by atoms with Crippen molar-refractivity contribution in [3.63, 3.8) is 0 Å². The molecule has 0 saturated heterocycles. The molecule has 1 rings (SSSR count). The van der Waals surface area contributed by atoms with Crippen LogP contribution >= 0.6 is 27.7 Å². The number of thioether (sulfide) groups is 1. The molecule has 110 valence electrons. The van der Waals surface area contributed by atoms with E-state index in [0.29, 0.717) is 4.47 Å². The summed E-state index contributed by atoms with van der Waals surface area (Å²) < 4.78 is 0.466. The molecule has 0 radical (unpaired) electrons. The van der Waals surface area contributed by atoms with Crippen LogP contribution in [0.25, 0.3) is 0 Å². The fraction of sp³-hybridized carbons (Fsp3) is 0.417. The molecule has 0 saturated carbocycles. The Morgan fingerprint density at radius 2 is 2.20 bits per heavy atom. The molecule has 1 aromatic carbocycles. The summed E-state index contributed by atoms with van der Waals surface area (Å²) >= 11 is 4.59. The Morgan fingerprint density at radius 1 is 1.55 bits per heavy atom. The highest BCUT2D eigenvalue weighted by molar-refractivity contribution is 9.10. The first-order valence-electron chi connectivity index (χ1n) is 5.78. The number of non-ortho nitro benzene ring substituents is 1. The Hall–Kier alpha value is -1.12. The van der Waals surface area contributed by atoms with Gasteiger partial charge < -0.3 is 10.4 Å². The number of halogens is 1. The molecule has 2 atom stereocenters. The largest absolute Gasteiger partial charge is 0.395 e. The second-order valence-corrected chi connectivity index (χ2v) is 6.17. The van der Waals surface area contributed by atoms with Gasteiger partial charge in [0.2, 0.25) is 0 Å². The number of nitro benzene ring substituents is 1. The minimum Gasteiger partial charge on any atom is -0.395 e. The van der Waals surface area contributed by atoms with Crippen LogP contribution in [0.3, 0.4) is 0 Å². The van der Waals surface area contributed by atoms with Crippen molar-refractivity contribution in [2.75, 3.05) is 12.9 Å². The number of hydrogen-bond donors (Lipinski definition) is 2. The summed E-state index contributed by atoms with van der Waals surface area (Å²) in [5.74, 6) is -0.408. The summed E-state index contributed by atoms with van der Waals surface area (Å²) in [6.45, 7) is 1.73. The van der Waals surface area contributed by atoms with Crippen molar-refractivity contribution >= 4 is 39.3 Å². The van der Waals surface area contributed by atoms with Crippen molar-refractivity contribution in [2.45, 2.75) is 18.2 Å². The second-order valence-electron chi connectivity index (χ2n) is 4.17. The zero-order valence-corrected chi connectivity index (χ0v) is 13.4. The molecule has 0 aromatic heterocycles. The van der Waals surface area contributed by atoms with Crippen molar-refractivity contribution in [3.05, 3.63) is 38.3 Å². The van der Waals surface area contributed by atoms with E-state index in [4.69, 9.17) is 0 Å². The van der Waals surface area contributed by atoms with E-state index in [0.717, 1.165) is 0 Å². The number of nitro groups is 1. The van der Waals surface area contributed by atoms with Gasteiger partial charge in [0, 0.05) is 33.5 Å². The van der Waals surface area contributed by atoms with Crippen LogP contribution in [-0.4, -0.2) is 40.1 Å². The third-order valence-electron chi connectivity index (χ3n) is 2.75. The molecule has 0 fully saturated rings. The van der Waals surface area contributed by atoms with E-state index in [9.17, 15) is 20.0 Å². The van der Waals surface area contributed by atoms with E-state index in [1.54, 1.807) is 6.92 Å². The van der Waals surface area contributed by atoms with Crippen LogP contribution in [0.4, 0.5) is 5.69 Å². The number of aliphatic hydroxyl groups is 1. The quantitative estimate of drug-likeness (QED) is 0.597. The van der Waals surface area contributed by atoms with Gasteiger partial charge in [-0.05, 0) is 19.2 Å². The fourth-order valence-electron chi connectivity index (χ4n) is 1.63. The van der Waals surface area contributed by atoms with Gasteiger partial charge in [0.1, 0.15) is 0 Å². The lowest BCUT2D eigenvalue weighted by Gasteiger charge is -2.21. The molecule has 0 aliphatic heterocycles. The number of amides is 1. The molecule has 0 aliphatic carbocycles. The van der Waals surface area contributed by atoms with E-state index < -0.39 is 10.8 Å². The predicted molar refractivity (Wildman–Crippen MR) is 82.1 cm³/mol. The third-order valence-corrected chi connectivity index (χ3v) is 4.38. The SMILES string of the molecule is CSC(CO)C(C)NC(=O)c1cc(Br)cc([N+](=O)[O-])c1. The molecular formula is C12H15BrN2O4S. The minimum atomic E-state index is -0.552. The normalized spacial score (nSPS) is 13.6. The minimum absolute atomic E-state index is 0.0543. The molecule has 1 aromatic rings. The van der Waals surface area contributed by atoms with Gasteiger partial charge in [-0.1, -0.05) is 15.9 Å². The van der Waals surface area contributed by atoms with E-state index in [1.165, 1.54) is 30.0 Å². The third kappa shape index (κ3) is 4.46. The molecular weight excluding hydrogens is 348 g/mol. The molecule has 2 N–H and O–H groups in total. The van der Waals surface area contributed by atoms with Crippen LogP contribution in [0, 0.1) is 10.1 Å². The Bertz CT molecular complexity index is 508. The zero-order chi connectivity index (χ0) is 15.3. The Labute approximate surface area is 129 Å². The summed E-state index contributed by atoms with van der Waals surface area (Å²) in [7, 11) is 0. The number of nitrogens with one attached hydrogen (secondary N) is 1. The molecule has 0 heterocycles. The number of hydrogen-bond acceptors (Lipinski definition) is 5. The second kappa shape index (κ2) is 7.61. The van der Waals surface area contributed by atoms with Gasteiger partial charge in [0.25, 0.3) is 11.6 Å². The topological polar surface area (TPSA) is 92.5 Å². The van der Waals surface area contributed by atoms with Crippen LogP contribution < -0.4 is 5.32 Å². The molecule has 1 amide bonds. The van der Waals surface area contributed by atoms with Crippen LogP contribution in [0.5, 0.6) is 0 Å². The summed E-state index contributed by atoms with van der Waals surface area (Å²) in [6, 6.07) is 3.82. The first-order chi connectivity index (χ1) is 9.38. The monoisotopic (exact) mass is 362 g/mol. The lowest BCUT2D eigenvalue weighted by Crippen LogP contribution is -2.41. The van der Waals surface area contributed by atoms with Crippen LogP contribution in [0.15, 0.2) is 22.7 Å². The molecule has 0 bridgehead atoms. The predicted octanol–water partition coefficient (Wildman–Crippen LogP) is 2.20. The highest BCUT2D eigenvalue weighted by Crippen LogP contribution is 2.21. The average molecular weight is 363 g/mol. The zero-order valence-electron chi connectivity index (χ0n) is 11.0. The molecule has 8 heteroatoms. The fourth-order valence-corrected chi connectivity index (χ4v) is 2.74. The Balaban J connectivity index is 2.90. The van der Waals surface area contributed by atoms with E-state index in [1.807, 2.05) is 6.26 Å². The highest BCUT2D eigenvalue weighted by Gasteiger charge is 2.20. The summed E-state index contributed by atoms with van der Waals surface area (Å²) in [6.07, 6.45) is 1.84.